The first-order valence-electron chi connectivity index (χ1n) is 7.80. The molecule has 114 valence electrons. The van der Waals surface area contributed by atoms with Crippen LogP contribution in [-0.4, -0.2) is 24.2 Å². The lowest BCUT2D eigenvalue weighted by Gasteiger charge is -2.05. The van der Waals surface area contributed by atoms with Crippen molar-refractivity contribution in [2.75, 3.05) is 13.1 Å². The largest absolute Gasteiger partial charge is 0.480 e. The topological polar surface area (TPSA) is 61.4 Å². The van der Waals surface area contributed by atoms with Crippen LogP contribution in [0.3, 0.4) is 0 Å². The highest BCUT2D eigenvalue weighted by Crippen LogP contribution is 2.12. The number of unbranched alkanes of at least 4 members (excludes halogenated alkanes) is 7. The minimum atomic E-state index is -0.829. The van der Waals surface area contributed by atoms with Crippen molar-refractivity contribution in [1.29, 1.82) is 0 Å². The summed E-state index contributed by atoms with van der Waals surface area (Å²) in [7, 11) is 0. The third kappa shape index (κ3) is 17.4. The van der Waals surface area contributed by atoms with Gasteiger partial charge in [-0.15, -0.1) is 0 Å². The lowest BCUT2D eigenvalue weighted by atomic mass is 10.0. The standard InChI is InChI=1S/C15H32N2O2/c1-14(2)11-9-7-5-3-4-6-8-10-12-16-17-13-15(18)19/h14,16-17H,3-13H2,1-2H3,(H,18,19). The Labute approximate surface area is 118 Å². The van der Waals surface area contributed by atoms with Crippen LogP contribution in [0.5, 0.6) is 0 Å². The second-order valence-corrected chi connectivity index (χ2v) is 5.69. The monoisotopic (exact) mass is 272 g/mol. The number of hydrogen-bond donors (Lipinski definition) is 3. The molecular weight excluding hydrogens is 240 g/mol. The van der Waals surface area contributed by atoms with Gasteiger partial charge < -0.3 is 5.11 Å². The molecule has 0 radical (unpaired) electrons. The summed E-state index contributed by atoms with van der Waals surface area (Å²) in [5.74, 6) is 0.0206. The summed E-state index contributed by atoms with van der Waals surface area (Å²) in [4.78, 5) is 10.2. The molecule has 0 aliphatic carbocycles. The van der Waals surface area contributed by atoms with E-state index in [0.717, 1.165) is 18.9 Å². The molecule has 4 heteroatoms. The van der Waals surface area contributed by atoms with Gasteiger partial charge in [-0.3, -0.25) is 10.2 Å². The number of aliphatic carboxylic acids is 1. The summed E-state index contributed by atoms with van der Waals surface area (Å²) in [6.45, 7) is 5.41. The van der Waals surface area contributed by atoms with Crippen molar-refractivity contribution in [2.45, 2.75) is 71.6 Å². The Morgan fingerprint density at radius 1 is 0.895 bits per heavy atom. The number of hydrazine groups is 1. The number of carbonyl (C=O) groups is 1. The molecule has 0 rings (SSSR count). The van der Waals surface area contributed by atoms with E-state index in [4.69, 9.17) is 5.11 Å². The maximum Gasteiger partial charge on any atom is 0.318 e. The zero-order chi connectivity index (χ0) is 14.3. The van der Waals surface area contributed by atoms with E-state index in [0.29, 0.717) is 0 Å². The second-order valence-electron chi connectivity index (χ2n) is 5.69. The van der Waals surface area contributed by atoms with Crippen molar-refractivity contribution < 1.29 is 9.90 Å². The lowest BCUT2D eigenvalue weighted by molar-refractivity contribution is -0.136. The molecule has 0 bridgehead atoms. The average molecular weight is 272 g/mol. The van der Waals surface area contributed by atoms with Gasteiger partial charge in [0.1, 0.15) is 6.54 Å². The molecule has 3 N–H and O–H groups in total. The predicted octanol–water partition coefficient (Wildman–Crippen LogP) is 3.33. The van der Waals surface area contributed by atoms with Gasteiger partial charge in [0.05, 0.1) is 0 Å². The molecule has 0 aliphatic heterocycles. The zero-order valence-electron chi connectivity index (χ0n) is 12.7. The van der Waals surface area contributed by atoms with Gasteiger partial charge >= 0.3 is 5.97 Å². The summed E-state index contributed by atoms with van der Waals surface area (Å²) in [5.41, 5.74) is 5.58. The molecule has 0 unspecified atom stereocenters. The fourth-order valence-electron chi connectivity index (χ4n) is 2.05. The highest BCUT2D eigenvalue weighted by molar-refractivity contribution is 5.68. The highest BCUT2D eigenvalue weighted by Gasteiger charge is 1.96. The van der Waals surface area contributed by atoms with Crippen molar-refractivity contribution in [3.8, 4) is 0 Å². The predicted molar refractivity (Wildman–Crippen MR) is 80.0 cm³/mol. The Kier molecular flexibility index (Phi) is 13.4. The molecule has 0 spiro atoms. The normalized spacial score (nSPS) is 11.1. The Morgan fingerprint density at radius 3 is 1.95 bits per heavy atom. The Hall–Kier alpha value is -0.610. The molecule has 0 heterocycles. The van der Waals surface area contributed by atoms with E-state index in [1.165, 1.54) is 51.4 Å². The summed E-state index contributed by atoms with van der Waals surface area (Å²) in [5, 5.41) is 8.40. The van der Waals surface area contributed by atoms with Gasteiger partial charge in [0.2, 0.25) is 0 Å². The van der Waals surface area contributed by atoms with Crippen LogP contribution < -0.4 is 10.9 Å². The maximum absolute atomic E-state index is 10.2. The molecule has 0 aromatic rings. The summed E-state index contributed by atoms with van der Waals surface area (Å²) >= 11 is 0. The average Bonchev–Trinajstić information content (AvgIpc) is 2.34. The SMILES string of the molecule is CC(C)CCCCCCCCCCNNCC(=O)O. The maximum atomic E-state index is 10.2. The lowest BCUT2D eigenvalue weighted by Crippen LogP contribution is -2.36. The van der Waals surface area contributed by atoms with Crippen molar-refractivity contribution in [2.24, 2.45) is 5.92 Å². The van der Waals surface area contributed by atoms with Crippen LogP contribution in [0, 0.1) is 5.92 Å². The first-order chi connectivity index (χ1) is 9.13. The Balaban J connectivity index is 2.97. The van der Waals surface area contributed by atoms with Crippen LogP contribution in [0.2, 0.25) is 0 Å². The fourth-order valence-corrected chi connectivity index (χ4v) is 2.05. The van der Waals surface area contributed by atoms with Crippen LogP contribution in [0.25, 0.3) is 0 Å². The van der Waals surface area contributed by atoms with E-state index >= 15 is 0 Å². The number of nitrogens with one attached hydrogen (secondary N) is 2. The van der Waals surface area contributed by atoms with E-state index in [9.17, 15) is 4.79 Å². The van der Waals surface area contributed by atoms with Gasteiger partial charge in [-0.2, -0.15) is 0 Å². The van der Waals surface area contributed by atoms with E-state index in [1.807, 2.05) is 0 Å². The number of hydrogen-bond acceptors (Lipinski definition) is 3. The van der Waals surface area contributed by atoms with Gasteiger partial charge in [-0.05, 0) is 12.3 Å². The highest BCUT2D eigenvalue weighted by atomic mass is 16.4. The molecule has 0 saturated heterocycles. The van der Waals surface area contributed by atoms with E-state index in [1.54, 1.807) is 0 Å². The summed E-state index contributed by atoms with van der Waals surface area (Å²) in [6.07, 6.45) is 11.9. The summed E-state index contributed by atoms with van der Waals surface area (Å²) in [6, 6.07) is 0. The molecule has 0 saturated carbocycles. The first kappa shape index (κ1) is 18.4. The molecule has 0 atom stereocenters. The van der Waals surface area contributed by atoms with Crippen LogP contribution in [0.4, 0.5) is 0 Å². The molecular formula is C15H32N2O2. The van der Waals surface area contributed by atoms with E-state index in [2.05, 4.69) is 24.7 Å². The van der Waals surface area contributed by atoms with Crippen LogP contribution in [0.15, 0.2) is 0 Å². The molecule has 0 fully saturated rings. The molecule has 0 aliphatic rings. The number of carboxylic acid groups (broad SMARTS) is 1. The summed E-state index contributed by atoms with van der Waals surface area (Å²) < 4.78 is 0. The third-order valence-electron chi connectivity index (χ3n) is 3.20. The van der Waals surface area contributed by atoms with Crippen LogP contribution in [0.1, 0.15) is 71.6 Å². The van der Waals surface area contributed by atoms with Crippen molar-refractivity contribution in [3.63, 3.8) is 0 Å². The van der Waals surface area contributed by atoms with Crippen LogP contribution >= 0.6 is 0 Å². The number of rotatable bonds is 14. The number of carboxylic acids is 1. The van der Waals surface area contributed by atoms with Gasteiger partial charge in [0.25, 0.3) is 0 Å². The zero-order valence-corrected chi connectivity index (χ0v) is 12.7. The van der Waals surface area contributed by atoms with E-state index < -0.39 is 5.97 Å². The fraction of sp³-hybridized carbons (Fsp3) is 0.933. The quantitative estimate of drug-likeness (QED) is 0.335. The van der Waals surface area contributed by atoms with Gasteiger partial charge in [0, 0.05) is 6.54 Å². The van der Waals surface area contributed by atoms with Gasteiger partial charge in [0.15, 0.2) is 0 Å². The Bertz CT molecular complexity index is 208. The van der Waals surface area contributed by atoms with Gasteiger partial charge in [-0.1, -0.05) is 65.2 Å². The Morgan fingerprint density at radius 2 is 1.42 bits per heavy atom. The van der Waals surface area contributed by atoms with Crippen molar-refractivity contribution >= 4 is 5.97 Å². The molecule has 0 aromatic heterocycles. The molecule has 4 nitrogen and oxygen atoms in total. The smallest absolute Gasteiger partial charge is 0.318 e. The second kappa shape index (κ2) is 13.8. The van der Waals surface area contributed by atoms with Crippen LogP contribution in [-0.2, 0) is 4.79 Å². The minimum Gasteiger partial charge on any atom is -0.480 e. The molecule has 19 heavy (non-hydrogen) atoms. The van der Waals surface area contributed by atoms with Gasteiger partial charge in [-0.25, -0.2) is 5.43 Å². The van der Waals surface area contributed by atoms with Crippen molar-refractivity contribution in [1.82, 2.24) is 10.9 Å². The van der Waals surface area contributed by atoms with Crippen molar-refractivity contribution in [3.05, 3.63) is 0 Å². The minimum absolute atomic E-state index is 0.0175. The van der Waals surface area contributed by atoms with E-state index in [-0.39, 0.29) is 6.54 Å². The molecule has 0 aromatic carbocycles. The molecule has 0 amide bonds. The first-order valence-corrected chi connectivity index (χ1v) is 7.80. The third-order valence-corrected chi connectivity index (χ3v) is 3.20.